The first-order chi connectivity index (χ1) is 18.0. The Balaban J connectivity index is 1.40. The van der Waals surface area contributed by atoms with Crippen molar-refractivity contribution in [2.45, 2.75) is 24.4 Å². The third-order valence-electron chi connectivity index (χ3n) is 6.66. The van der Waals surface area contributed by atoms with Crippen LogP contribution in [0.2, 0.25) is 0 Å². The van der Waals surface area contributed by atoms with Crippen LogP contribution < -0.4 is 16.4 Å². The Labute approximate surface area is 217 Å². The summed E-state index contributed by atoms with van der Waals surface area (Å²) in [5, 5.41) is 6.23. The zero-order valence-electron chi connectivity index (χ0n) is 20.7. The highest BCUT2D eigenvalue weighted by Gasteiger charge is 2.32. The molecule has 192 valence electrons. The van der Waals surface area contributed by atoms with Crippen LogP contribution in [0.5, 0.6) is 0 Å². The maximum absolute atomic E-state index is 13.4. The van der Waals surface area contributed by atoms with Crippen molar-refractivity contribution in [1.29, 1.82) is 0 Å². The topological polar surface area (TPSA) is 87.5 Å². The van der Waals surface area contributed by atoms with Crippen molar-refractivity contribution >= 4 is 17.9 Å². The van der Waals surface area contributed by atoms with Crippen molar-refractivity contribution in [3.05, 3.63) is 114 Å². The summed E-state index contributed by atoms with van der Waals surface area (Å²) < 4.78 is 13.1. The molecule has 1 saturated heterocycles. The Morgan fingerprint density at radius 3 is 2.24 bits per heavy atom. The first kappa shape index (κ1) is 26.3. The van der Waals surface area contributed by atoms with Crippen LogP contribution in [0.1, 0.15) is 29.0 Å². The molecule has 4 rings (SSSR count). The molecule has 0 radical (unpaired) electrons. The predicted octanol–water partition coefficient (Wildman–Crippen LogP) is 3.31. The van der Waals surface area contributed by atoms with E-state index in [1.165, 1.54) is 18.2 Å². The second-order valence-corrected chi connectivity index (χ2v) is 9.23. The van der Waals surface area contributed by atoms with E-state index in [4.69, 9.17) is 5.73 Å². The number of carbonyl (C=O) groups is 2. The van der Waals surface area contributed by atoms with E-state index in [1.54, 1.807) is 18.2 Å². The predicted molar refractivity (Wildman–Crippen MR) is 144 cm³/mol. The van der Waals surface area contributed by atoms with E-state index in [-0.39, 0.29) is 36.1 Å². The van der Waals surface area contributed by atoms with Crippen LogP contribution in [0.4, 0.5) is 4.39 Å². The van der Waals surface area contributed by atoms with Gasteiger partial charge in [-0.2, -0.15) is 0 Å². The van der Waals surface area contributed by atoms with Crippen molar-refractivity contribution in [2.75, 3.05) is 26.2 Å². The van der Waals surface area contributed by atoms with Crippen molar-refractivity contribution < 1.29 is 14.0 Å². The molecule has 0 spiro atoms. The zero-order valence-corrected chi connectivity index (χ0v) is 20.7. The molecule has 0 aromatic heterocycles. The fraction of sp³-hybridized carbons (Fsp3) is 0.267. The number of nitrogens with two attached hydrogens (primary N) is 1. The van der Waals surface area contributed by atoms with E-state index < -0.39 is 6.04 Å². The van der Waals surface area contributed by atoms with Gasteiger partial charge in [-0.3, -0.25) is 9.59 Å². The van der Waals surface area contributed by atoms with Gasteiger partial charge in [0.1, 0.15) is 5.82 Å². The molecule has 2 amide bonds. The van der Waals surface area contributed by atoms with Gasteiger partial charge in [0.05, 0.1) is 6.04 Å². The van der Waals surface area contributed by atoms with Crippen molar-refractivity contribution in [2.24, 2.45) is 5.73 Å². The van der Waals surface area contributed by atoms with E-state index >= 15 is 0 Å². The summed E-state index contributed by atoms with van der Waals surface area (Å²) in [6, 6.07) is 25.7. The molecule has 1 aliphatic rings. The lowest BCUT2D eigenvalue weighted by Crippen LogP contribution is -2.52. The third-order valence-corrected chi connectivity index (χ3v) is 6.66. The van der Waals surface area contributed by atoms with Crippen LogP contribution in [0.3, 0.4) is 0 Å². The molecule has 1 fully saturated rings. The number of carbonyl (C=O) groups excluding carboxylic acids is 2. The van der Waals surface area contributed by atoms with E-state index in [9.17, 15) is 14.0 Å². The largest absolute Gasteiger partial charge is 0.351 e. The first-order valence-corrected chi connectivity index (χ1v) is 12.6. The average Bonchev–Trinajstić information content (AvgIpc) is 3.09. The quantitative estimate of drug-likeness (QED) is 0.394. The summed E-state index contributed by atoms with van der Waals surface area (Å²) >= 11 is 0. The van der Waals surface area contributed by atoms with Crippen LogP contribution in [-0.4, -0.2) is 55.0 Å². The SMILES string of the molecule is NC[C@@H]1N[C@H](CNC(=O)/C=C/c2ccc(F)cc2)CCN(CC(c2ccccc2)c2ccccc2)C1=O. The normalized spacial score (nSPS) is 18.2. The third kappa shape index (κ3) is 7.35. The Bertz CT molecular complexity index is 1150. The average molecular weight is 501 g/mol. The molecule has 37 heavy (non-hydrogen) atoms. The summed E-state index contributed by atoms with van der Waals surface area (Å²) in [4.78, 5) is 27.6. The lowest BCUT2D eigenvalue weighted by molar-refractivity contribution is -0.132. The molecule has 0 saturated carbocycles. The maximum Gasteiger partial charge on any atom is 0.244 e. The van der Waals surface area contributed by atoms with Crippen molar-refractivity contribution in [1.82, 2.24) is 15.5 Å². The molecule has 0 unspecified atom stereocenters. The minimum Gasteiger partial charge on any atom is -0.351 e. The number of nitrogens with one attached hydrogen (secondary N) is 2. The highest BCUT2D eigenvalue weighted by molar-refractivity contribution is 5.91. The van der Waals surface area contributed by atoms with Gasteiger partial charge in [-0.25, -0.2) is 4.39 Å². The Morgan fingerprint density at radius 1 is 1.03 bits per heavy atom. The fourth-order valence-electron chi connectivity index (χ4n) is 4.62. The van der Waals surface area contributed by atoms with Crippen LogP contribution in [-0.2, 0) is 9.59 Å². The van der Waals surface area contributed by atoms with Gasteiger partial charge < -0.3 is 21.3 Å². The number of nitrogens with zero attached hydrogens (tertiary/aromatic N) is 1. The van der Waals surface area contributed by atoms with Crippen molar-refractivity contribution in [3.63, 3.8) is 0 Å². The molecule has 6 nitrogen and oxygen atoms in total. The fourth-order valence-corrected chi connectivity index (χ4v) is 4.62. The Morgan fingerprint density at radius 2 is 1.65 bits per heavy atom. The second-order valence-electron chi connectivity index (χ2n) is 9.23. The van der Waals surface area contributed by atoms with Gasteiger partial charge in [-0.15, -0.1) is 0 Å². The molecule has 1 aliphatic heterocycles. The van der Waals surface area contributed by atoms with Crippen LogP contribution in [0.25, 0.3) is 6.08 Å². The molecule has 2 atom stereocenters. The summed E-state index contributed by atoms with van der Waals surface area (Å²) in [5.74, 6) is -0.559. The molecular formula is C30H33FN4O2. The second kappa shape index (κ2) is 12.9. The molecular weight excluding hydrogens is 467 g/mol. The van der Waals surface area contributed by atoms with Gasteiger partial charge in [0.15, 0.2) is 0 Å². The minimum absolute atomic E-state index is 0.0237. The van der Waals surface area contributed by atoms with Gasteiger partial charge in [-0.1, -0.05) is 72.8 Å². The molecule has 7 heteroatoms. The molecule has 4 N–H and O–H groups in total. The molecule has 3 aromatic carbocycles. The van der Waals surface area contributed by atoms with E-state index in [2.05, 4.69) is 34.9 Å². The van der Waals surface area contributed by atoms with Crippen LogP contribution in [0.15, 0.2) is 91.0 Å². The number of halogens is 1. The monoisotopic (exact) mass is 500 g/mol. The summed E-state index contributed by atoms with van der Waals surface area (Å²) in [6.45, 7) is 1.64. The molecule has 0 aliphatic carbocycles. The Kier molecular flexibility index (Phi) is 9.18. The number of rotatable bonds is 9. The van der Waals surface area contributed by atoms with Crippen molar-refractivity contribution in [3.8, 4) is 0 Å². The standard InChI is InChI=1S/C30H33FN4O2/c31-25-14-11-22(12-15-25)13-16-29(36)33-20-26-17-18-35(30(37)28(19-32)34-26)21-27(23-7-3-1-4-8-23)24-9-5-2-6-10-24/h1-16,26-28,34H,17-21,32H2,(H,33,36)/b16-13+/t26-,28-/m0/s1. The lowest BCUT2D eigenvalue weighted by atomic mass is 9.90. The van der Waals surface area contributed by atoms with Gasteiger partial charge in [0, 0.05) is 44.2 Å². The van der Waals surface area contributed by atoms with E-state index in [1.807, 2.05) is 41.3 Å². The van der Waals surface area contributed by atoms with Gasteiger partial charge in [-0.05, 0) is 41.3 Å². The molecule has 3 aromatic rings. The molecule has 0 bridgehead atoms. The summed E-state index contributed by atoms with van der Waals surface area (Å²) in [6.07, 6.45) is 3.74. The lowest BCUT2D eigenvalue weighted by Gasteiger charge is -2.29. The zero-order chi connectivity index (χ0) is 26.0. The van der Waals surface area contributed by atoms with Gasteiger partial charge in [0.2, 0.25) is 11.8 Å². The van der Waals surface area contributed by atoms with E-state index in [0.717, 1.165) is 16.7 Å². The van der Waals surface area contributed by atoms with Gasteiger partial charge in [0.25, 0.3) is 0 Å². The smallest absolute Gasteiger partial charge is 0.244 e. The van der Waals surface area contributed by atoms with E-state index in [0.29, 0.717) is 26.1 Å². The summed E-state index contributed by atoms with van der Waals surface area (Å²) in [5.41, 5.74) is 9.03. The van der Waals surface area contributed by atoms with Crippen LogP contribution in [0, 0.1) is 5.82 Å². The minimum atomic E-state index is -0.522. The highest BCUT2D eigenvalue weighted by Crippen LogP contribution is 2.26. The van der Waals surface area contributed by atoms with Crippen LogP contribution >= 0.6 is 0 Å². The Hall–Kier alpha value is -3.81. The summed E-state index contributed by atoms with van der Waals surface area (Å²) in [7, 11) is 0. The first-order valence-electron chi connectivity index (χ1n) is 12.6. The van der Waals surface area contributed by atoms with Gasteiger partial charge >= 0.3 is 0 Å². The highest BCUT2D eigenvalue weighted by atomic mass is 19.1. The number of hydrogen-bond donors (Lipinski definition) is 3. The number of hydrogen-bond acceptors (Lipinski definition) is 4. The molecule has 1 heterocycles. The maximum atomic E-state index is 13.4. The number of amides is 2. The number of benzene rings is 3.